The predicted molar refractivity (Wildman–Crippen MR) is 234 cm³/mol. The number of fused-ring (bicyclic) bond motifs is 2. The van der Waals surface area contributed by atoms with Crippen molar-refractivity contribution in [2.45, 2.75) is 85.0 Å². The number of para-hydroxylation sites is 2. The quantitative estimate of drug-likeness (QED) is 0.104. The molecule has 10 heteroatoms. The van der Waals surface area contributed by atoms with Gasteiger partial charge in [0, 0.05) is 82.6 Å². The molecule has 0 spiro atoms. The van der Waals surface area contributed by atoms with E-state index in [1.807, 2.05) is 0 Å². The van der Waals surface area contributed by atoms with Gasteiger partial charge in [-0.15, -0.1) is 0 Å². The van der Waals surface area contributed by atoms with E-state index in [1.54, 1.807) is 0 Å². The van der Waals surface area contributed by atoms with Gasteiger partial charge in [0.2, 0.25) is 17.1 Å². The molecule has 58 heavy (non-hydrogen) atoms. The van der Waals surface area contributed by atoms with Crippen LogP contribution in [0.5, 0.6) is 0 Å². The summed E-state index contributed by atoms with van der Waals surface area (Å²) in [6.45, 7) is 17.3. The molecule has 0 atom stereocenters. The zero-order valence-corrected chi connectivity index (χ0v) is 35.5. The maximum absolute atomic E-state index is 10.7. The molecule has 0 unspecified atom stereocenters. The summed E-state index contributed by atoms with van der Waals surface area (Å²) < 4.78 is 61.7. The molecule has 0 aromatic heterocycles. The SMILES string of the molecule is CCCCN1C(=CC=C2CC/C(=C\C=C3\N(C)c4ccc(C)cc4C3(C)C)C2=[N+](c2ccccc2)c2ccccc2)C(C)(C)c2cc(C)ccc21.F[P-](F)(F)(F)(F)F. The van der Waals surface area contributed by atoms with Gasteiger partial charge in [0.25, 0.3) is 0 Å². The molecular weight excluding hydrogens is 764 g/mol. The molecule has 4 aromatic rings. The summed E-state index contributed by atoms with van der Waals surface area (Å²) in [6, 6.07) is 35.7. The average Bonchev–Trinajstić information content (AvgIpc) is 3.69. The van der Waals surface area contributed by atoms with Gasteiger partial charge in [-0.1, -0.05) is 125 Å². The number of likely N-dealkylation sites (N-methyl/N-ethyl adjacent to an activating group) is 1. The molecule has 4 aromatic carbocycles. The third-order valence-electron chi connectivity index (χ3n) is 11.4. The third-order valence-corrected chi connectivity index (χ3v) is 11.4. The molecule has 0 N–H and O–H groups in total. The number of nitrogens with zero attached hydrogens (tertiary/aromatic N) is 3. The number of aryl methyl sites for hydroxylation is 2. The molecule has 0 amide bonds. The predicted octanol–water partition coefficient (Wildman–Crippen LogP) is 15.4. The Balaban J connectivity index is 0.000000743. The van der Waals surface area contributed by atoms with Crippen LogP contribution in [0.4, 0.5) is 47.9 Å². The first-order valence-corrected chi connectivity index (χ1v) is 21.9. The second-order valence-corrected chi connectivity index (χ2v) is 18.6. The molecule has 1 saturated carbocycles. The molecule has 3 nitrogen and oxygen atoms in total. The summed E-state index contributed by atoms with van der Waals surface area (Å²) in [4.78, 5) is 4.98. The number of unbranched alkanes of at least 4 members (excludes halogenated alkanes) is 1. The van der Waals surface area contributed by atoms with Crippen molar-refractivity contribution in [1.82, 2.24) is 4.58 Å². The van der Waals surface area contributed by atoms with Crippen LogP contribution in [0.15, 0.2) is 144 Å². The Morgan fingerprint density at radius 1 is 0.621 bits per heavy atom. The Kier molecular flexibility index (Phi) is 11.1. The van der Waals surface area contributed by atoms with Crippen molar-refractivity contribution in [2.24, 2.45) is 0 Å². The van der Waals surface area contributed by atoms with Gasteiger partial charge in [-0.2, -0.15) is 4.58 Å². The summed E-state index contributed by atoms with van der Waals surface area (Å²) in [5.41, 5.74) is 17.0. The summed E-state index contributed by atoms with van der Waals surface area (Å²) >= 11 is 0. The average molecular weight is 818 g/mol. The molecule has 7 rings (SSSR count). The standard InChI is InChI=1S/C48H54N3.F6P/c1-9-10-31-50-43-28-22-35(3)33-41(43)48(6,7)45(50)30-26-37-24-23-36(25-29-44-47(4,5)40-32-34(2)21-27-42(40)49(44)8)46(37)51(38-17-13-11-14-18-38)39-19-15-12-16-20-39;1-7(2,3,4,5)6/h11-22,25-30,32-33H,9-10,23-24,31H2,1-8H3;/q+1;-1. The van der Waals surface area contributed by atoms with E-state index in [9.17, 15) is 25.2 Å². The van der Waals surface area contributed by atoms with Crippen LogP contribution in [-0.2, 0) is 10.8 Å². The van der Waals surface area contributed by atoms with E-state index in [4.69, 9.17) is 0 Å². The van der Waals surface area contributed by atoms with Gasteiger partial charge in [-0.3, -0.25) is 0 Å². The normalized spacial score (nSPS) is 20.9. The first-order valence-electron chi connectivity index (χ1n) is 19.9. The van der Waals surface area contributed by atoms with Crippen LogP contribution in [0, 0.1) is 13.8 Å². The fraction of sp³-hybridized carbons (Fsp3) is 0.312. The van der Waals surface area contributed by atoms with E-state index in [0.717, 1.165) is 19.4 Å². The van der Waals surface area contributed by atoms with Gasteiger partial charge in [0.1, 0.15) is 0 Å². The Morgan fingerprint density at radius 2 is 1.05 bits per heavy atom. The Labute approximate surface area is 339 Å². The first kappa shape index (κ1) is 42.7. The Bertz CT molecular complexity index is 2300. The maximum atomic E-state index is 9.87. The Hall–Kier alpha value is -4.88. The second-order valence-electron chi connectivity index (χ2n) is 16.7. The van der Waals surface area contributed by atoms with Crippen molar-refractivity contribution in [3.63, 3.8) is 0 Å². The molecule has 2 aliphatic heterocycles. The van der Waals surface area contributed by atoms with Crippen molar-refractivity contribution in [3.05, 3.63) is 166 Å². The number of allylic oxidation sites excluding steroid dienone is 8. The van der Waals surface area contributed by atoms with Gasteiger partial charge in [0.05, 0.1) is 0 Å². The van der Waals surface area contributed by atoms with Crippen molar-refractivity contribution in [1.29, 1.82) is 0 Å². The van der Waals surface area contributed by atoms with Crippen LogP contribution in [0.1, 0.15) is 82.6 Å². The Morgan fingerprint density at radius 3 is 1.53 bits per heavy atom. The first-order chi connectivity index (χ1) is 27.0. The van der Waals surface area contributed by atoms with Crippen LogP contribution < -0.4 is 14.4 Å². The molecule has 0 saturated heterocycles. The summed E-state index contributed by atoms with van der Waals surface area (Å²) in [5.74, 6) is 0. The fourth-order valence-corrected chi connectivity index (χ4v) is 8.54. The second kappa shape index (κ2) is 15.1. The van der Waals surface area contributed by atoms with Gasteiger partial charge >= 0.3 is 33.0 Å². The van der Waals surface area contributed by atoms with E-state index in [0.29, 0.717) is 0 Å². The number of hydrogen-bond acceptors (Lipinski definition) is 2. The van der Waals surface area contributed by atoms with E-state index in [2.05, 4.69) is 191 Å². The molecule has 0 radical (unpaired) electrons. The third kappa shape index (κ3) is 9.52. The minimum absolute atomic E-state index is 0.0848. The van der Waals surface area contributed by atoms with Crippen molar-refractivity contribution in [3.8, 4) is 0 Å². The van der Waals surface area contributed by atoms with Crippen molar-refractivity contribution < 1.29 is 25.2 Å². The number of rotatable bonds is 7. The van der Waals surface area contributed by atoms with E-state index >= 15 is 0 Å². The summed E-state index contributed by atoms with van der Waals surface area (Å²) in [6.07, 6.45) is 14.0. The monoisotopic (exact) mass is 817 g/mol. The van der Waals surface area contributed by atoms with Crippen LogP contribution in [0.2, 0.25) is 0 Å². The summed E-state index contributed by atoms with van der Waals surface area (Å²) in [7, 11) is -8.44. The van der Waals surface area contributed by atoms with Crippen LogP contribution in [-0.4, -0.2) is 19.3 Å². The number of hydrogen-bond donors (Lipinski definition) is 0. The van der Waals surface area contributed by atoms with E-state index < -0.39 is 7.81 Å². The van der Waals surface area contributed by atoms with Crippen LogP contribution in [0.25, 0.3) is 0 Å². The van der Waals surface area contributed by atoms with Gasteiger partial charge < -0.3 is 9.80 Å². The van der Waals surface area contributed by atoms with Crippen LogP contribution in [0.3, 0.4) is 0 Å². The number of benzene rings is 4. The zero-order chi connectivity index (χ0) is 42.3. The molecule has 308 valence electrons. The molecular formula is C48H54F6N3P. The molecule has 0 bridgehead atoms. The number of halogens is 6. The van der Waals surface area contributed by atoms with Crippen molar-refractivity contribution in [2.75, 3.05) is 23.4 Å². The zero-order valence-electron chi connectivity index (χ0n) is 34.6. The molecule has 1 aliphatic carbocycles. The minimum atomic E-state index is -10.7. The van der Waals surface area contributed by atoms with Crippen LogP contribution >= 0.6 is 7.81 Å². The molecule has 2 heterocycles. The van der Waals surface area contributed by atoms with E-state index in [1.165, 1.54) is 86.1 Å². The summed E-state index contributed by atoms with van der Waals surface area (Å²) in [5, 5.41) is 0. The van der Waals surface area contributed by atoms with Crippen molar-refractivity contribution >= 4 is 36.3 Å². The number of anilines is 2. The topological polar surface area (TPSA) is 9.49 Å². The van der Waals surface area contributed by atoms with Gasteiger partial charge in [-0.05, 0) is 68.5 Å². The molecule has 1 fully saturated rings. The van der Waals surface area contributed by atoms with Gasteiger partial charge in [0.15, 0.2) is 0 Å². The van der Waals surface area contributed by atoms with E-state index in [-0.39, 0.29) is 10.8 Å². The molecule has 3 aliphatic rings. The van der Waals surface area contributed by atoms with Gasteiger partial charge in [-0.25, -0.2) is 0 Å². The fourth-order valence-electron chi connectivity index (χ4n) is 8.54.